The van der Waals surface area contributed by atoms with E-state index in [9.17, 15) is 14.9 Å². The summed E-state index contributed by atoms with van der Waals surface area (Å²) in [6.45, 7) is 1.38. The van der Waals surface area contributed by atoms with Gasteiger partial charge in [0.25, 0.3) is 5.69 Å². The SMILES string of the molecule is COc1cc([N+](=O)[O-])cc2cc(C3=CSC4=NCCN34)c(=O)oc12. The van der Waals surface area contributed by atoms with E-state index in [1.54, 1.807) is 6.07 Å². The highest BCUT2D eigenvalue weighted by Gasteiger charge is 2.29. The van der Waals surface area contributed by atoms with Crippen LogP contribution in [0.2, 0.25) is 0 Å². The lowest BCUT2D eigenvalue weighted by Crippen LogP contribution is -2.23. The summed E-state index contributed by atoms with van der Waals surface area (Å²) in [5, 5.41) is 14.2. The molecule has 0 fully saturated rings. The van der Waals surface area contributed by atoms with Crippen LogP contribution in [0.25, 0.3) is 16.7 Å². The molecule has 0 spiro atoms. The minimum absolute atomic E-state index is 0.127. The molecule has 0 N–H and O–H groups in total. The Kier molecular flexibility index (Phi) is 3.31. The lowest BCUT2D eigenvalue weighted by Gasteiger charge is -2.16. The summed E-state index contributed by atoms with van der Waals surface area (Å²) in [5.74, 6) is 0.154. The van der Waals surface area contributed by atoms with E-state index in [0.717, 1.165) is 5.17 Å². The van der Waals surface area contributed by atoms with Gasteiger partial charge in [-0.2, -0.15) is 0 Å². The summed E-state index contributed by atoms with van der Waals surface area (Å²) in [4.78, 5) is 29.3. The van der Waals surface area contributed by atoms with Gasteiger partial charge in [0.1, 0.15) is 0 Å². The fraction of sp³-hybridized carbons (Fsp3) is 0.200. The topological polar surface area (TPSA) is 98.2 Å². The number of fused-ring (bicyclic) bond motifs is 2. The van der Waals surface area contributed by atoms with Gasteiger partial charge < -0.3 is 14.1 Å². The molecule has 2 aromatic rings. The van der Waals surface area contributed by atoms with Crippen molar-refractivity contribution in [2.24, 2.45) is 4.99 Å². The number of hydrogen-bond donors (Lipinski definition) is 0. The molecule has 1 aromatic carbocycles. The number of nitrogens with zero attached hydrogens (tertiary/aromatic N) is 3. The van der Waals surface area contributed by atoms with E-state index in [2.05, 4.69) is 4.99 Å². The van der Waals surface area contributed by atoms with Gasteiger partial charge >= 0.3 is 5.63 Å². The van der Waals surface area contributed by atoms with Crippen molar-refractivity contribution in [3.05, 3.63) is 49.7 Å². The van der Waals surface area contributed by atoms with Crippen LogP contribution in [0.1, 0.15) is 5.56 Å². The highest BCUT2D eigenvalue weighted by Crippen LogP contribution is 2.36. The van der Waals surface area contributed by atoms with Crippen molar-refractivity contribution in [3.8, 4) is 5.75 Å². The Morgan fingerprint density at radius 2 is 2.25 bits per heavy atom. The summed E-state index contributed by atoms with van der Waals surface area (Å²) in [7, 11) is 1.37. The molecule has 0 aliphatic carbocycles. The zero-order valence-electron chi connectivity index (χ0n) is 12.5. The van der Waals surface area contributed by atoms with Crippen LogP contribution in [0, 0.1) is 10.1 Å². The van der Waals surface area contributed by atoms with Crippen LogP contribution in [0.15, 0.2) is 37.8 Å². The molecule has 122 valence electrons. The van der Waals surface area contributed by atoms with E-state index < -0.39 is 10.5 Å². The molecule has 1 aromatic heterocycles. The fourth-order valence-corrected chi connectivity index (χ4v) is 3.71. The maximum absolute atomic E-state index is 12.4. The molecule has 2 aliphatic rings. The summed E-state index contributed by atoms with van der Waals surface area (Å²) in [5.41, 5.74) is 0.604. The molecule has 8 nitrogen and oxygen atoms in total. The Labute approximate surface area is 139 Å². The smallest absolute Gasteiger partial charge is 0.345 e. The van der Waals surface area contributed by atoms with Gasteiger partial charge in [0.2, 0.25) is 0 Å². The van der Waals surface area contributed by atoms with Crippen LogP contribution >= 0.6 is 11.8 Å². The number of non-ortho nitro benzene ring substituents is 1. The lowest BCUT2D eigenvalue weighted by molar-refractivity contribution is -0.384. The van der Waals surface area contributed by atoms with Crippen molar-refractivity contribution < 1.29 is 14.1 Å². The molecule has 0 radical (unpaired) electrons. The number of nitro benzene ring substituents is 1. The molecular formula is C15H11N3O5S. The van der Waals surface area contributed by atoms with Crippen molar-refractivity contribution in [2.45, 2.75) is 0 Å². The number of nitro groups is 1. The zero-order valence-corrected chi connectivity index (χ0v) is 13.3. The number of amidine groups is 1. The highest BCUT2D eigenvalue weighted by molar-refractivity contribution is 8.16. The average molecular weight is 345 g/mol. The van der Waals surface area contributed by atoms with Crippen molar-refractivity contribution >= 4 is 39.3 Å². The lowest BCUT2D eigenvalue weighted by atomic mass is 10.1. The van der Waals surface area contributed by atoms with Crippen LogP contribution < -0.4 is 10.4 Å². The van der Waals surface area contributed by atoms with E-state index >= 15 is 0 Å². The summed E-state index contributed by atoms with van der Waals surface area (Å²) < 4.78 is 10.5. The van der Waals surface area contributed by atoms with Crippen LogP contribution in [0.3, 0.4) is 0 Å². The largest absolute Gasteiger partial charge is 0.493 e. The van der Waals surface area contributed by atoms with Crippen LogP contribution in [-0.4, -0.2) is 35.2 Å². The number of rotatable bonds is 3. The third-order valence-electron chi connectivity index (χ3n) is 3.86. The van der Waals surface area contributed by atoms with E-state index in [-0.39, 0.29) is 17.0 Å². The first kappa shape index (κ1) is 14.8. The van der Waals surface area contributed by atoms with Crippen molar-refractivity contribution in [1.82, 2.24) is 4.90 Å². The second-order valence-corrected chi connectivity index (χ2v) is 6.04. The van der Waals surface area contributed by atoms with E-state index in [1.807, 2.05) is 10.3 Å². The van der Waals surface area contributed by atoms with E-state index in [4.69, 9.17) is 9.15 Å². The Bertz CT molecular complexity index is 995. The minimum atomic E-state index is -0.519. The number of methoxy groups -OCH3 is 1. The zero-order chi connectivity index (χ0) is 16.8. The maximum Gasteiger partial charge on any atom is 0.345 e. The average Bonchev–Trinajstić information content (AvgIpc) is 3.16. The normalized spacial score (nSPS) is 16.1. The van der Waals surface area contributed by atoms with Crippen LogP contribution in [-0.2, 0) is 0 Å². The Morgan fingerprint density at radius 1 is 1.42 bits per heavy atom. The second kappa shape index (κ2) is 5.38. The molecule has 0 atom stereocenters. The molecule has 0 amide bonds. The first-order chi connectivity index (χ1) is 11.6. The molecular weight excluding hydrogens is 334 g/mol. The molecule has 0 bridgehead atoms. The highest BCUT2D eigenvalue weighted by atomic mass is 32.2. The molecule has 4 rings (SSSR count). The molecule has 24 heavy (non-hydrogen) atoms. The van der Waals surface area contributed by atoms with Gasteiger partial charge in [0.15, 0.2) is 16.5 Å². The number of hydrogen-bond acceptors (Lipinski definition) is 8. The first-order valence-electron chi connectivity index (χ1n) is 7.08. The number of thioether (sulfide) groups is 1. The second-order valence-electron chi connectivity index (χ2n) is 5.21. The standard InChI is InChI=1S/C15H11N3O5S/c1-22-12-6-9(18(20)21)4-8-5-10(14(19)23-13(8)12)11-7-24-15-16-2-3-17(11)15/h4-7H,2-3H2,1H3. The van der Waals surface area contributed by atoms with Gasteiger partial charge in [0.05, 0.1) is 35.9 Å². The number of aliphatic imine (C=N–C) groups is 1. The van der Waals surface area contributed by atoms with E-state index in [1.165, 1.54) is 31.0 Å². The number of benzene rings is 1. The van der Waals surface area contributed by atoms with E-state index in [0.29, 0.717) is 29.7 Å². The molecule has 9 heteroatoms. The molecule has 2 aliphatic heterocycles. The maximum atomic E-state index is 12.4. The van der Waals surface area contributed by atoms with Gasteiger partial charge in [0, 0.05) is 23.4 Å². The van der Waals surface area contributed by atoms with Gasteiger partial charge in [-0.1, -0.05) is 11.8 Å². The molecule has 0 unspecified atom stereocenters. The van der Waals surface area contributed by atoms with Gasteiger partial charge in [-0.3, -0.25) is 15.1 Å². The molecule has 0 saturated heterocycles. The quantitative estimate of drug-likeness (QED) is 0.478. The summed E-state index contributed by atoms with van der Waals surface area (Å²) in [6, 6.07) is 4.21. The Balaban J connectivity index is 1.92. The third kappa shape index (κ3) is 2.16. The van der Waals surface area contributed by atoms with Crippen LogP contribution in [0.4, 0.5) is 5.69 Å². The Hall–Kier alpha value is -2.81. The summed E-state index contributed by atoms with van der Waals surface area (Å²) in [6.07, 6.45) is 0. The van der Waals surface area contributed by atoms with Gasteiger partial charge in [-0.05, 0) is 6.07 Å². The monoisotopic (exact) mass is 345 g/mol. The number of ether oxygens (including phenoxy) is 1. The molecule has 0 saturated carbocycles. The van der Waals surface area contributed by atoms with Crippen molar-refractivity contribution in [2.75, 3.05) is 20.2 Å². The minimum Gasteiger partial charge on any atom is -0.493 e. The predicted octanol–water partition coefficient (Wildman–Crippen LogP) is 2.43. The first-order valence-corrected chi connectivity index (χ1v) is 7.96. The van der Waals surface area contributed by atoms with Crippen molar-refractivity contribution in [1.29, 1.82) is 0 Å². The fourth-order valence-electron chi connectivity index (χ4n) is 2.75. The predicted molar refractivity (Wildman–Crippen MR) is 90.3 cm³/mol. The van der Waals surface area contributed by atoms with Crippen molar-refractivity contribution in [3.63, 3.8) is 0 Å². The third-order valence-corrected chi connectivity index (χ3v) is 4.76. The van der Waals surface area contributed by atoms with Gasteiger partial charge in [-0.25, -0.2) is 4.79 Å². The van der Waals surface area contributed by atoms with Gasteiger partial charge in [-0.15, -0.1) is 0 Å². The summed E-state index contributed by atoms with van der Waals surface area (Å²) >= 11 is 1.45. The molecule has 3 heterocycles. The Morgan fingerprint density at radius 3 is 3.00 bits per heavy atom. The van der Waals surface area contributed by atoms with Crippen LogP contribution in [0.5, 0.6) is 5.75 Å².